The van der Waals surface area contributed by atoms with Crippen LogP contribution in [0.2, 0.25) is 0 Å². The Morgan fingerprint density at radius 2 is 1.82 bits per heavy atom. The van der Waals surface area contributed by atoms with E-state index in [9.17, 15) is 8.42 Å². The fourth-order valence-corrected chi connectivity index (χ4v) is 0.141. The number of nitrogens with zero attached hydrogens (tertiary/aromatic N) is 1. The topological polar surface area (TPSA) is 154 Å². The summed E-state index contributed by atoms with van der Waals surface area (Å²) in [5, 5.41) is 7.39. The summed E-state index contributed by atoms with van der Waals surface area (Å²) in [5.41, 5.74) is 0. The summed E-state index contributed by atoms with van der Waals surface area (Å²) in [7, 11) is -7.14. The fraction of sp³-hybridized carbons (Fsp3) is 0. The van der Waals surface area contributed by atoms with Gasteiger partial charge in [-0.05, 0) is 0 Å². The first-order chi connectivity index (χ1) is 4.79. The molecular weight excluding hydrogens is 206 g/mol. The molecule has 11 heavy (non-hydrogen) atoms. The Labute approximate surface area is 64.6 Å². The third-order valence-electron chi connectivity index (χ3n) is 0.143. The van der Waals surface area contributed by atoms with Crippen LogP contribution in [0.25, 0.3) is 0 Å². The molecule has 0 rings (SSSR count). The van der Waals surface area contributed by atoms with E-state index in [4.69, 9.17) is 23.8 Å². The summed E-state index contributed by atoms with van der Waals surface area (Å²) in [4.78, 5) is 0. The molecule has 0 radical (unpaired) electrons. The lowest BCUT2D eigenvalue weighted by atomic mass is 11.6. The van der Waals surface area contributed by atoms with Crippen molar-refractivity contribution >= 4 is 10.4 Å². The minimum absolute atomic E-state index is 0.770. The van der Waals surface area contributed by atoms with Gasteiger partial charge in [-0.1, -0.05) is 0 Å². The zero-order valence-electron chi connectivity index (χ0n) is 4.67. The van der Waals surface area contributed by atoms with E-state index in [2.05, 4.69) is 4.18 Å². The molecule has 0 fully saturated rings. The van der Waals surface area contributed by atoms with Crippen molar-refractivity contribution in [3.8, 4) is 6.26 Å². The van der Waals surface area contributed by atoms with Gasteiger partial charge in [-0.2, -0.15) is 8.42 Å². The number of halogens is 1. The Bertz CT molecular complexity index is 210. The Balaban J connectivity index is 0. The lowest BCUT2D eigenvalue weighted by Crippen LogP contribution is -2.30. The van der Waals surface area contributed by atoms with Crippen molar-refractivity contribution in [3.63, 3.8) is 0 Å². The second-order valence-electron chi connectivity index (χ2n) is 0.803. The van der Waals surface area contributed by atoms with E-state index < -0.39 is 21.2 Å². The Morgan fingerprint density at radius 1 is 1.55 bits per heavy atom. The highest BCUT2D eigenvalue weighted by Crippen LogP contribution is 1.78. The molecular formula is CH2ClNO7S. The molecule has 0 unspecified atom stereocenters. The van der Waals surface area contributed by atoms with Crippen molar-refractivity contribution in [2.24, 2.45) is 0 Å². The summed E-state index contributed by atoms with van der Waals surface area (Å²) >= 11 is 0. The molecule has 0 aromatic heterocycles. The van der Waals surface area contributed by atoms with Crippen LogP contribution < -0.4 is 9.32 Å². The quantitative estimate of drug-likeness (QED) is 0.329. The van der Waals surface area contributed by atoms with Gasteiger partial charge in [0, 0.05) is 4.66 Å². The van der Waals surface area contributed by atoms with Gasteiger partial charge in [0.25, 0.3) is 10.8 Å². The molecule has 0 aliphatic carbocycles. The lowest BCUT2D eigenvalue weighted by Gasteiger charge is -1.80. The second kappa shape index (κ2) is 6.10. The van der Waals surface area contributed by atoms with Crippen LogP contribution in [-0.4, -0.2) is 17.6 Å². The van der Waals surface area contributed by atoms with Crippen LogP contribution >= 0.6 is 0 Å². The predicted molar refractivity (Wildman–Crippen MR) is 20.5 cm³/mol. The van der Waals surface area contributed by atoms with Gasteiger partial charge < -0.3 is 9.32 Å². The average Bonchev–Trinajstić information content (AvgIpc) is 1.58. The smallest absolute Gasteiger partial charge is 0.321 e. The van der Waals surface area contributed by atoms with Crippen molar-refractivity contribution in [2.75, 3.05) is 0 Å². The number of hydrogen-bond acceptors (Lipinski definition) is 7. The molecule has 66 valence electrons. The Kier molecular flexibility index (Phi) is 7.21. The van der Waals surface area contributed by atoms with E-state index in [1.54, 1.807) is 0 Å². The van der Waals surface area contributed by atoms with Gasteiger partial charge in [0.15, 0.2) is 0 Å². The van der Waals surface area contributed by atoms with Gasteiger partial charge in [0.1, 0.15) is 0 Å². The first kappa shape index (κ1) is 13.0. The highest BCUT2D eigenvalue weighted by Gasteiger charge is 1.99. The third kappa shape index (κ3) is 44.8. The molecule has 2 N–H and O–H groups in total. The molecule has 0 aliphatic heterocycles. The van der Waals surface area contributed by atoms with Crippen molar-refractivity contribution in [1.82, 2.24) is 0 Å². The molecule has 0 saturated carbocycles. The van der Waals surface area contributed by atoms with Gasteiger partial charge in [0.2, 0.25) is 0 Å². The van der Waals surface area contributed by atoms with Crippen LogP contribution in [0.15, 0.2) is 0 Å². The minimum Gasteiger partial charge on any atom is -0.321 e. The van der Waals surface area contributed by atoms with E-state index in [1.165, 1.54) is 0 Å². The second-order valence-corrected chi connectivity index (χ2v) is 2.23. The molecule has 10 heteroatoms. The monoisotopic (exact) mass is 207 g/mol. The fourth-order valence-electron chi connectivity index (χ4n) is 0.0471. The highest BCUT2D eigenvalue weighted by molar-refractivity contribution is 7.81. The van der Waals surface area contributed by atoms with Gasteiger partial charge in [0.05, 0.1) is 0 Å². The molecule has 0 spiro atoms. The Morgan fingerprint density at radius 3 is 1.82 bits per heavy atom. The lowest BCUT2D eigenvalue weighted by molar-refractivity contribution is -1.63. The standard InChI is InChI=1S/CHNO4S.ClHO3/c2-1-6-7(3,4)5;2-1(3)4/h(H,3,4,5);2H. The highest BCUT2D eigenvalue weighted by atomic mass is 35.6. The maximum Gasteiger partial charge on any atom is 0.456 e. The van der Waals surface area contributed by atoms with Crippen LogP contribution in [0.3, 0.4) is 0 Å². The summed E-state index contributed by atoms with van der Waals surface area (Å²) in [6.45, 7) is 0. The van der Waals surface area contributed by atoms with Gasteiger partial charge in [-0.15, -0.1) is 5.26 Å². The maximum atomic E-state index is 9.34. The summed E-state index contributed by atoms with van der Waals surface area (Å²) in [5.74, 6) is 0. The number of rotatable bonds is 1. The SMILES string of the molecule is N#COS(=O)(=O)O.[O-][Cl+2]([O-])O. The summed E-state index contributed by atoms with van der Waals surface area (Å²) < 4.78 is 53.3. The molecule has 0 saturated heterocycles. The molecule has 0 heterocycles. The zero-order valence-corrected chi connectivity index (χ0v) is 6.24. The van der Waals surface area contributed by atoms with Crippen LogP contribution in [0.5, 0.6) is 0 Å². The van der Waals surface area contributed by atoms with Crippen LogP contribution in [0.4, 0.5) is 0 Å². The summed E-state index contributed by atoms with van der Waals surface area (Å²) in [6.07, 6.45) is 0.770. The molecule has 0 aromatic carbocycles. The molecule has 0 aliphatic rings. The van der Waals surface area contributed by atoms with Gasteiger partial charge in [-0.25, -0.2) is 0 Å². The van der Waals surface area contributed by atoms with E-state index in [-0.39, 0.29) is 0 Å². The zero-order chi connectivity index (χ0) is 9.49. The van der Waals surface area contributed by atoms with Crippen molar-refractivity contribution in [1.29, 1.82) is 5.26 Å². The number of nitriles is 1. The van der Waals surface area contributed by atoms with E-state index in [0.717, 1.165) is 6.26 Å². The van der Waals surface area contributed by atoms with Crippen LogP contribution in [-0.2, 0) is 14.6 Å². The Hall–Kier alpha value is -0.630. The average molecular weight is 208 g/mol. The molecule has 0 amide bonds. The predicted octanol–water partition coefficient (Wildman–Crippen LogP) is -3.65. The summed E-state index contributed by atoms with van der Waals surface area (Å²) in [6, 6.07) is 0. The van der Waals surface area contributed by atoms with Crippen LogP contribution in [0.1, 0.15) is 0 Å². The third-order valence-corrected chi connectivity index (χ3v) is 0.428. The van der Waals surface area contributed by atoms with Gasteiger partial charge >= 0.3 is 16.7 Å². The van der Waals surface area contributed by atoms with E-state index >= 15 is 0 Å². The van der Waals surface area contributed by atoms with Crippen LogP contribution in [0, 0.1) is 22.3 Å². The molecule has 0 aromatic rings. The first-order valence-electron chi connectivity index (χ1n) is 1.59. The van der Waals surface area contributed by atoms with E-state index in [1.807, 2.05) is 0 Å². The maximum absolute atomic E-state index is 9.34. The van der Waals surface area contributed by atoms with Gasteiger partial charge in [-0.3, -0.25) is 8.74 Å². The van der Waals surface area contributed by atoms with Crippen molar-refractivity contribution < 1.29 is 41.9 Å². The molecule has 0 bridgehead atoms. The largest absolute Gasteiger partial charge is 0.456 e. The normalized spacial score (nSPS) is 9.45. The van der Waals surface area contributed by atoms with Crippen molar-refractivity contribution in [2.45, 2.75) is 0 Å². The minimum atomic E-state index is -4.54. The molecule has 0 atom stereocenters. The first-order valence-corrected chi connectivity index (χ1v) is 3.91. The van der Waals surface area contributed by atoms with E-state index in [0.29, 0.717) is 0 Å². The molecule has 8 nitrogen and oxygen atoms in total. The number of hydrogen-bond donors (Lipinski definition) is 2. The van der Waals surface area contributed by atoms with Crippen molar-refractivity contribution in [3.05, 3.63) is 0 Å².